The maximum absolute atomic E-state index is 12.3. The molecule has 0 saturated heterocycles. The van der Waals surface area contributed by atoms with Gasteiger partial charge in [0.25, 0.3) is 5.69 Å². The van der Waals surface area contributed by atoms with Gasteiger partial charge in [-0.1, -0.05) is 24.3 Å². The Morgan fingerprint density at radius 3 is 2.61 bits per heavy atom. The standard InChI is InChI=1S/C20H27N5O5S/c1-3-21-20(22-12-11-16-7-4-5-10-19(16)30-2)23-13-14-24-31(28,29)18-9-6-8-17(15-18)25(26)27/h4-10,15,24H,3,11-14H2,1-2H3,(H2,21,22,23). The molecule has 10 nitrogen and oxygen atoms in total. The molecule has 0 aliphatic carbocycles. The Balaban J connectivity index is 1.89. The smallest absolute Gasteiger partial charge is 0.270 e. The number of rotatable bonds is 11. The van der Waals surface area contributed by atoms with Crippen LogP contribution in [0.25, 0.3) is 0 Å². The first-order valence-electron chi connectivity index (χ1n) is 9.75. The third-order valence-corrected chi connectivity index (χ3v) is 5.69. The summed E-state index contributed by atoms with van der Waals surface area (Å²) < 4.78 is 32.4. The number of ether oxygens (including phenoxy) is 1. The molecule has 0 bridgehead atoms. The lowest BCUT2D eigenvalue weighted by Crippen LogP contribution is -2.39. The predicted octanol–water partition coefficient (Wildman–Crippen LogP) is 1.68. The molecule has 0 atom stereocenters. The lowest BCUT2D eigenvalue weighted by Gasteiger charge is -2.13. The van der Waals surface area contributed by atoms with Crippen molar-refractivity contribution in [2.75, 3.05) is 33.3 Å². The lowest BCUT2D eigenvalue weighted by atomic mass is 10.1. The Morgan fingerprint density at radius 1 is 1.13 bits per heavy atom. The second kappa shape index (κ2) is 11.9. The normalized spacial score (nSPS) is 11.7. The van der Waals surface area contributed by atoms with Crippen LogP contribution in [-0.4, -0.2) is 52.6 Å². The highest BCUT2D eigenvalue weighted by Crippen LogP contribution is 2.17. The van der Waals surface area contributed by atoms with Gasteiger partial charge in [-0.15, -0.1) is 0 Å². The maximum atomic E-state index is 12.3. The highest BCUT2D eigenvalue weighted by Gasteiger charge is 2.16. The molecule has 0 aromatic heterocycles. The topological polar surface area (TPSA) is 135 Å². The zero-order valence-corrected chi connectivity index (χ0v) is 18.3. The van der Waals surface area contributed by atoms with Crippen molar-refractivity contribution in [3.05, 3.63) is 64.2 Å². The summed E-state index contributed by atoms with van der Waals surface area (Å²) in [5, 5.41) is 17.1. The van der Waals surface area contributed by atoms with E-state index < -0.39 is 14.9 Å². The quantitative estimate of drug-likeness (QED) is 0.156. The zero-order chi connectivity index (χ0) is 22.7. The average Bonchev–Trinajstić information content (AvgIpc) is 2.77. The van der Waals surface area contributed by atoms with E-state index in [1.54, 1.807) is 7.11 Å². The molecule has 168 valence electrons. The Bertz CT molecular complexity index is 1010. The van der Waals surface area contributed by atoms with Crippen molar-refractivity contribution in [3.63, 3.8) is 0 Å². The predicted molar refractivity (Wildman–Crippen MR) is 119 cm³/mol. The Kier molecular flexibility index (Phi) is 9.22. The number of benzene rings is 2. The van der Waals surface area contributed by atoms with E-state index in [2.05, 4.69) is 20.3 Å². The molecule has 0 heterocycles. The fourth-order valence-corrected chi connectivity index (χ4v) is 3.82. The van der Waals surface area contributed by atoms with Gasteiger partial charge in [-0.05, 0) is 31.0 Å². The molecule has 0 fully saturated rings. The van der Waals surface area contributed by atoms with Gasteiger partial charge in [-0.3, -0.25) is 15.1 Å². The molecule has 0 amide bonds. The van der Waals surface area contributed by atoms with Gasteiger partial charge >= 0.3 is 0 Å². The van der Waals surface area contributed by atoms with Crippen molar-refractivity contribution in [2.24, 2.45) is 4.99 Å². The van der Waals surface area contributed by atoms with Crippen LogP contribution in [0.3, 0.4) is 0 Å². The number of hydrogen-bond donors (Lipinski definition) is 3. The summed E-state index contributed by atoms with van der Waals surface area (Å²) in [5.41, 5.74) is 0.785. The van der Waals surface area contributed by atoms with Gasteiger partial charge in [-0.25, -0.2) is 13.1 Å². The minimum Gasteiger partial charge on any atom is -0.496 e. The van der Waals surface area contributed by atoms with Crippen LogP contribution in [-0.2, 0) is 16.4 Å². The summed E-state index contributed by atoms with van der Waals surface area (Å²) in [6.07, 6.45) is 0.730. The van der Waals surface area contributed by atoms with E-state index in [-0.39, 0.29) is 23.7 Å². The molecule has 2 aromatic carbocycles. The summed E-state index contributed by atoms with van der Waals surface area (Å²) >= 11 is 0. The Hall–Kier alpha value is -3.18. The van der Waals surface area contributed by atoms with Crippen molar-refractivity contribution >= 4 is 21.7 Å². The molecule has 3 N–H and O–H groups in total. The molecule has 0 aliphatic rings. The van der Waals surface area contributed by atoms with Crippen molar-refractivity contribution in [3.8, 4) is 5.75 Å². The largest absolute Gasteiger partial charge is 0.496 e. The van der Waals surface area contributed by atoms with Crippen LogP contribution in [0.4, 0.5) is 5.69 Å². The highest BCUT2D eigenvalue weighted by atomic mass is 32.2. The first-order chi connectivity index (χ1) is 14.9. The molecule has 2 aromatic rings. The first kappa shape index (κ1) is 24.1. The monoisotopic (exact) mass is 449 g/mol. The van der Waals surface area contributed by atoms with Crippen LogP contribution >= 0.6 is 0 Å². The third kappa shape index (κ3) is 7.54. The molecular weight excluding hydrogens is 422 g/mol. The number of methoxy groups -OCH3 is 1. The number of sulfonamides is 1. The van der Waals surface area contributed by atoms with Crippen molar-refractivity contribution in [1.29, 1.82) is 0 Å². The molecule has 31 heavy (non-hydrogen) atoms. The number of aliphatic imine (C=N–C) groups is 1. The van der Waals surface area contributed by atoms with Gasteiger partial charge < -0.3 is 15.4 Å². The number of para-hydroxylation sites is 1. The maximum Gasteiger partial charge on any atom is 0.270 e. The van der Waals surface area contributed by atoms with E-state index >= 15 is 0 Å². The third-order valence-electron chi connectivity index (χ3n) is 4.24. The second-order valence-electron chi connectivity index (χ2n) is 6.40. The summed E-state index contributed by atoms with van der Waals surface area (Å²) in [6, 6.07) is 12.7. The molecule has 2 rings (SSSR count). The fraction of sp³-hybridized carbons (Fsp3) is 0.350. The minimum absolute atomic E-state index is 0.0497. The number of hydrogen-bond acceptors (Lipinski definition) is 6. The van der Waals surface area contributed by atoms with Gasteiger partial charge in [0.05, 0.1) is 23.5 Å². The van der Waals surface area contributed by atoms with Crippen LogP contribution in [0.1, 0.15) is 12.5 Å². The molecular formula is C20H27N5O5S. The van der Waals surface area contributed by atoms with Gasteiger partial charge in [0.15, 0.2) is 5.96 Å². The molecule has 0 aliphatic heterocycles. The summed E-state index contributed by atoms with van der Waals surface area (Å²) in [4.78, 5) is 14.4. The zero-order valence-electron chi connectivity index (χ0n) is 17.5. The van der Waals surface area contributed by atoms with Gasteiger partial charge in [0.2, 0.25) is 10.0 Å². The molecule has 0 radical (unpaired) electrons. The van der Waals surface area contributed by atoms with Crippen LogP contribution in [0.2, 0.25) is 0 Å². The van der Waals surface area contributed by atoms with Crippen LogP contribution < -0.4 is 20.1 Å². The summed E-state index contributed by atoms with van der Waals surface area (Å²) in [5.74, 6) is 1.38. The number of guanidine groups is 1. The van der Waals surface area contributed by atoms with Crippen LogP contribution in [0.15, 0.2) is 58.4 Å². The Morgan fingerprint density at radius 2 is 1.90 bits per heavy atom. The van der Waals surface area contributed by atoms with E-state index in [0.29, 0.717) is 19.0 Å². The van der Waals surface area contributed by atoms with Gasteiger partial charge in [-0.2, -0.15) is 0 Å². The van der Waals surface area contributed by atoms with E-state index in [1.165, 1.54) is 18.2 Å². The average molecular weight is 450 g/mol. The summed E-state index contributed by atoms with van der Waals surface area (Å²) in [6.45, 7) is 3.44. The number of nitro groups is 1. The van der Waals surface area contributed by atoms with Gasteiger partial charge in [0.1, 0.15) is 5.75 Å². The lowest BCUT2D eigenvalue weighted by molar-refractivity contribution is -0.385. The second-order valence-corrected chi connectivity index (χ2v) is 8.17. The van der Waals surface area contributed by atoms with E-state index in [0.717, 1.165) is 23.8 Å². The Labute approximate surface area is 181 Å². The minimum atomic E-state index is -3.87. The van der Waals surface area contributed by atoms with Gasteiger partial charge in [0, 0.05) is 31.8 Å². The SMILES string of the molecule is CCNC(=NCCNS(=O)(=O)c1cccc([N+](=O)[O-])c1)NCCc1ccccc1OC. The van der Waals surface area contributed by atoms with Crippen molar-refractivity contribution in [2.45, 2.75) is 18.2 Å². The molecule has 11 heteroatoms. The first-order valence-corrected chi connectivity index (χ1v) is 11.2. The van der Waals surface area contributed by atoms with E-state index in [1.807, 2.05) is 31.2 Å². The number of nitrogens with one attached hydrogen (secondary N) is 3. The van der Waals surface area contributed by atoms with Crippen LogP contribution in [0.5, 0.6) is 5.75 Å². The number of nitrogens with zero attached hydrogens (tertiary/aromatic N) is 2. The number of non-ortho nitro benzene ring substituents is 1. The van der Waals surface area contributed by atoms with E-state index in [4.69, 9.17) is 4.74 Å². The van der Waals surface area contributed by atoms with Crippen LogP contribution in [0, 0.1) is 10.1 Å². The van der Waals surface area contributed by atoms with E-state index in [9.17, 15) is 18.5 Å². The molecule has 0 saturated carbocycles. The van der Waals surface area contributed by atoms with Crippen molar-refractivity contribution < 1.29 is 18.1 Å². The molecule has 0 spiro atoms. The molecule has 0 unspecified atom stereocenters. The number of nitro benzene ring substituents is 1. The highest BCUT2D eigenvalue weighted by molar-refractivity contribution is 7.89. The fourth-order valence-electron chi connectivity index (χ4n) is 2.76. The van der Waals surface area contributed by atoms with Crippen molar-refractivity contribution in [1.82, 2.24) is 15.4 Å². The summed E-state index contributed by atoms with van der Waals surface area (Å²) in [7, 11) is -2.23.